The lowest BCUT2D eigenvalue weighted by Crippen LogP contribution is -2.24. The van der Waals surface area contributed by atoms with E-state index in [9.17, 15) is 18.0 Å². The smallest absolute Gasteiger partial charge is 0.338 e. The van der Waals surface area contributed by atoms with Gasteiger partial charge in [0.2, 0.25) is 10.0 Å². The fourth-order valence-corrected chi connectivity index (χ4v) is 3.64. The molecule has 2 N–H and O–H groups in total. The molecule has 0 heterocycles. The monoisotopic (exact) mass is 484 g/mol. The summed E-state index contributed by atoms with van der Waals surface area (Å²) in [7, 11) is -3.76. The maximum absolute atomic E-state index is 12.0. The number of hydrogen-bond donors (Lipinski definition) is 2. The highest BCUT2D eigenvalue weighted by Crippen LogP contribution is 2.25. The minimum atomic E-state index is -3.76. The summed E-state index contributed by atoms with van der Waals surface area (Å²) in [5.74, 6) is 0.807. The summed E-state index contributed by atoms with van der Waals surface area (Å²) >= 11 is 9.25. The zero-order valence-electron chi connectivity index (χ0n) is 14.2. The summed E-state index contributed by atoms with van der Waals surface area (Å²) in [6, 6.07) is 9.92. The molecule has 2 aromatic rings. The van der Waals surface area contributed by atoms with Crippen molar-refractivity contribution in [1.82, 2.24) is 4.72 Å². The van der Waals surface area contributed by atoms with Crippen molar-refractivity contribution in [2.75, 3.05) is 18.5 Å². The first-order valence-corrected chi connectivity index (χ1v) is 10.3. The maximum Gasteiger partial charge on any atom is 0.338 e. The Morgan fingerprint density at radius 1 is 1.18 bits per heavy atom. The van der Waals surface area contributed by atoms with Gasteiger partial charge in [-0.1, -0.05) is 33.5 Å². The first kappa shape index (κ1) is 21.9. The average Bonchev–Trinajstić information content (AvgIpc) is 2.67. The molecule has 0 spiro atoms. The number of hydrogen-bond acceptors (Lipinski definition) is 5. The minimum Gasteiger partial charge on any atom is -0.452 e. The Kier molecular flexibility index (Phi) is 7.60. The first-order chi connectivity index (χ1) is 13.2. The molecule has 0 saturated heterocycles. The van der Waals surface area contributed by atoms with Crippen LogP contribution in [0, 0.1) is 12.3 Å². The molecule has 2 rings (SSSR count). The largest absolute Gasteiger partial charge is 0.452 e. The number of carbonyl (C=O) groups excluding carboxylic acids is 2. The zero-order valence-corrected chi connectivity index (χ0v) is 17.4. The summed E-state index contributed by atoms with van der Waals surface area (Å²) < 4.78 is 31.7. The molecule has 2 aromatic carbocycles. The highest BCUT2D eigenvalue weighted by Gasteiger charge is 2.15. The third kappa shape index (κ3) is 6.07. The average molecular weight is 486 g/mol. The molecule has 0 bridgehead atoms. The second kappa shape index (κ2) is 9.71. The van der Waals surface area contributed by atoms with Gasteiger partial charge in [-0.15, -0.1) is 6.42 Å². The molecule has 0 saturated carbocycles. The highest BCUT2D eigenvalue weighted by atomic mass is 79.9. The standard InChI is InChI=1S/C18H14BrClN2O5S/c1-2-9-21-28(25,26)14-6-3-12(4-7-14)18(24)27-11-17(23)22-16-8-5-13(19)10-15(16)20/h1,3-8,10,21H,9,11H2,(H,22,23). The predicted octanol–water partition coefficient (Wildman–Crippen LogP) is 2.81. The lowest BCUT2D eigenvalue weighted by atomic mass is 10.2. The molecule has 7 nitrogen and oxygen atoms in total. The minimum absolute atomic E-state index is 0.0538. The fraction of sp³-hybridized carbons (Fsp3) is 0.111. The number of terminal acetylenes is 1. The number of ether oxygens (including phenoxy) is 1. The number of anilines is 1. The van der Waals surface area contributed by atoms with Crippen molar-refractivity contribution < 1.29 is 22.7 Å². The summed E-state index contributed by atoms with van der Waals surface area (Å²) in [4.78, 5) is 23.9. The molecule has 1 amide bonds. The van der Waals surface area contributed by atoms with Crippen LogP contribution in [0.1, 0.15) is 10.4 Å². The Morgan fingerprint density at radius 3 is 2.46 bits per heavy atom. The Bertz CT molecular complexity index is 1030. The quantitative estimate of drug-likeness (QED) is 0.464. The van der Waals surface area contributed by atoms with Gasteiger partial charge in [0.1, 0.15) is 0 Å². The van der Waals surface area contributed by atoms with Crippen LogP contribution in [0.4, 0.5) is 5.69 Å². The first-order valence-electron chi connectivity index (χ1n) is 7.68. The predicted molar refractivity (Wildman–Crippen MR) is 109 cm³/mol. The van der Waals surface area contributed by atoms with Crippen molar-refractivity contribution in [3.05, 3.63) is 57.5 Å². The van der Waals surface area contributed by atoms with Gasteiger partial charge in [-0.25, -0.2) is 13.2 Å². The number of carbonyl (C=O) groups is 2. The molecule has 0 aromatic heterocycles. The summed E-state index contributed by atoms with van der Waals surface area (Å²) in [6.45, 7) is -0.682. The molecule has 28 heavy (non-hydrogen) atoms. The van der Waals surface area contributed by atoms with Crippen LogP contribution in [0.5, 0.6) is 0 Å². The van der Waals surface area contributed by atoms with Gasteiger partial charge in [-0.05, 0) is 42.5 Å². The van der Waals surface area contributed by atoms with Gasteiger partial charge in [0.25, 0.3) is 5.91 Å². The Hall–Kier alpha value is -2.38. The van der Waals surface area contributed by atoms with Crippen molar-refractivity contribution in [2.45, 2.75) is 4.90 Å². The lowest BCUT2D eigenvalue weighted by Gasteiger charge is -2.09. The van der Waals surface area contributed by atoms with Crippen LogP contribution in [-0.4, -0.2) is 33.4 Å². The van der Waals surface area contributed by atoms with Crippen molar-refractivity contribution in [3.8, 4) is 12.3 Å². The highest BCUT2D eigenvalue weighted by molar-refractivity contribution is 9.10. The maximum atomic E-state index is 12.0. The fourth-order valence-electron chi connectivity index (χ4n) is 1.98. The van der Waals surface area contributed by atoms with E-state index in [0.29, 0.717) is 10.7 Å². The van der Waals surface area contributed by atoms with E-state index in [1.165, 1.54) is 24.3 Å². The van der Waals surface area contributed by atoms with E-state index < -0.39 is 28.5 Å². The van der Waals surface area contributed by atoms with Crippen LogP contribution in [0.2, 0.25) is 5.02 Å². The van der Waals surface area contributed by atoms with Gasteiger partial charge in [-0.3, -0.25) is 4.79 Å². The SMILES string of the molecule is C#CCNS(=O)(=O)c1ccc(C(=O)OCC(=O)Nc2ccc(Br)cc2Cl)cc1. The van der Waals surface area contributed by atoms with Crippen LogP contribution in [0.3, 0.4) is 0 Å². The van der Waals surface area contributed by atoms with Gasteiger partial charge >= 0.3 is 5.97 Å². The van der Waals surface area contributed by atoms with Crippen molar-refractivity contribution in [3.63, 3.8) is 0 Å². The van der Waals surface area contributed by atoms with E-state index in [0.717, 1.165) is 4.47 Å². The van der Waals surface area contributed by atoms with Gasteiger partial charge in [-0.2, -0.15) is 4.72 Å². The van der Waals surface area contributed by atoms with Gasteiger partial charge < -0.3 is 10.1 Å². The zero-order chi connectivity index (χ0) is 20.7. The van der Waals surface area contributed by atoms with Gasteiger partial charge in [0.05, 0.1) is 27.7 Å². The number of amides is 1. The van der Waals surface area contributed by atoms with E-state index in [-0.39, 0.29) is 17.0 Å². The summed E-state index contributed by atoms with van der Waals surface area (Å²) in [5, 5.41) is 2.84. The van der Waals surface area contributed by atoms with E-state index >= 15 is 0 Å². The number of halogens is 2. The Labute approximate surface area is 175 Å². The van der Waals surface area contributed by atoms with Crippen LogP contribution in [-0.2, 0) is 19.6 Å². The third-order valence-electron chi connectivity index (χ3n) is 3.30. The van der Waals surface area contributed by atoms with Gasteiger partial charge in [0.15, 0.2) is 6.61 Å². The molecule has 0 aliphatic carbocycles. The lowest BCUT2D eigenvalue weighted by molar-refractivity contribution is -0.119. The molecule has 0 aliphatic heterocycles. The summed E-state index contributed by atoms with van der Waals surface area (Å²) in [5.41, 5.74) is 0.463. The Morgan fingerprint density at radius 2 is 1.86 bits per heavy atom. The summed E-state index contributed by atoms with van der Waals surface area (Å²) in [6.07, 6.45) is 5.02. The molecule has 0 fully saturated rings. The number of benzene rings is 2. The Balaban J connectivity index is 1.94. The molecular weight excluding hydrogens is 472 g/mol. The van der Waals surface area contributed by atoms with Gasteiger partial charge in [0, 0.05) is 4.47 Å². The number of nitrogens with one attached hydrogen (secondary N) is 2. The number of sulfonamides is 1. The second-order valence-electron chi connectivity index (χ2n) is 5.30. The molecule has 0 unspecified atom stereocenters. The second-order valence-corrected chi connectivity index (χ2v) is 8.39. The topological polar surface area (TPSA) is 102 Å². The van der Waals surface area contributed by atoms with E-state index in [1.807, 2.05) is 0 Å². The normalized spacial score (nSPS) is 10.8. The molecule has 10 heteroatoms. The van der Waals surface area contributed by atoms with Crippen molar-refractivity contribution in [1.29, 1.82) is 0 Å². The molecular formula is C18H14BrClN2O5S. The number of rotatable bonds is 7. The van der Waals surface area contributed by atoms with Crippen molar-refractivity contribution >= 4 is 55.1 Å². The van der Waals surface area contributed by atoms with Crippen LogP contribution in [0.25, 0.3) is 0 Å². The molecule has 146 valence electrons. The van der Waals surface area contributed by atoms with Crippen LogP contribution in [0.15, 0.2) is 51.8 Å². The molecule has 0 atom stereocenters. The number of esters is 1. The molecule has 0 radical (unpaired) electrons. The van der Waals surface area contributed by atoms with E-state index in [1.54, 1.807) is 18.2 Å². The molecule has 0 aliphatic rings. The van der Waals surface area contributed by atoms with E-state index in [4.69, 9.17) is 22.8 Å². The van der Waals surface area contributed by atoms with Crippen LogP contribution >= 0.6 is 27.5 Å². The van der Waals surface area contributed by atoms with Crippen molar-refractivity contribution in [2.24, 2.45) is 0 Å². The van der Waals surface area contributed by atoms with Crippen LogP contribution < -0.4 is 10.0 Å². The third-order valence-corrected chi connectivity index (χ3v) is 5.53. The van der Waals surface area contributed by atoms with E-state index in [2.05, 4.69) is 31.9 Å².